The van der Waals surface area contributed by atoms with Crippen molar-refractivity contribution < 1.29 is 9.53 Å². The predicted molar refractivity (Wildman–Crippen MR) is 72.1 cm³/mol. The third-order valence-corrected chi connectivity index (χ3v) is 3.79. The fourth-order valence-electron chi connectivity index (χ4n) is 1.56. The molecule has 0 fully saturated rings. The molecule has 0 aliphatic rings. The number of hydrogen-bond acceptors (Lipinski definition) is 4. The molecule has 3 nitrogen and oxygen atoms in total. The maximum Gasteiger partial charge on any atom is 0.306 e. The summed E-state index contributed by atoms with van der Waals surface area (Å²) in [7, 11) is 1.41. The van der Waals surface area contributed by atoms with Crippen molar-refractivity contribution in [3.63, 3.8) is 0 Å². The lowest BCUT2D eigenvalue weighted by Crippen LogP contribution is -2.11. The van der Waals surface area contributed by atoms with Crippen LogP contribution in [-0.4, -0.2) is 25.4 Å². The molecule has 0 spiro atoms. The average Bonchev–Trinajstić information content (AvgIpc) is 2.34. The molecule has 2 N–H and O–H groups in total. The Morgan fingerprint density at radius 1 is 1.53 bits per heavy atom. The number of carbonyl (C=O) groups is 1. The van der Waals surface area contributed by atoms with Crippen molar-refractivity contribution in [2.24, 2.45) is 5.73 Å². The molecular formula is C13H19NO2S. The minimum absolute atomic E-state index is 0.169. The Morgan fingerprint density at radius 2 is 2.29 bits per heavy atom. The van der Waals surface area contributed by atoms with Crippen molar-refractivity contribution in [1.82, 2.24) is 0 Å². The number of thioether (sulfide) groups is 1. The number of carbonyl (C=O) groups excluding carboxylic acids is 1. The first-order chi connectivity index (χ1) is 8.17. The van der Waals surface area contributed by atoms with Gasteiger partial charge in [-0.2, -0.15) is 11.8 Å². The maximum atomic E-state index is 11.0. The molecule has 4 heteroatoms. The van der Waals surface area contributed by atoms with Gasteiger partial charge in [0.05, 0.1) is 13.5 Å². The van der Waals surface area contributed by atoms with E-state index in [1.807, 2.05) is 6.07 Å². The smallest absolute Gasteiger partial charge is 0.306 e. The third kappa shape index (κ3) is 4.79. The van der Waals surface area contributed by atoms with Crippen LogP contribution >= 0.6 is 11.8 Å². The van der Waals surface area contributed by atoms with Gasteiger partial charge in [0.2, 0.25) is 0 Å². The number of esters is 1. The minimum atomic E-state index is -0.169. The Labute approximate surface area is 107 Å². The Hall–Kier alpha value is -1.00. The molecule has 0 aliphatic carbocycles. The molecule has 1 rings (SSSR count). The first-order valence-corrected chi connectivity index (χ1v) is 6.67. The molecule has 1 aromatic rings. The van der Waals surface area contributed by atoms with Crippen molar-refractivity contribution in [2.75, 3.05) is 19.4 Å². The zero-order valence-electron chi connectivity index (χ0n) is 10.3. The summed E-state index contributed by atoms with van der Waals surface area (Å²) in [6.45, 7) is 2.64. The molecule has 0 aromatic heterocycles. The Balaban J connectivity index is 2.51. The number of aryl methyl sites for hydroxylation is 1. The van der Waals surface area contributed by atoms with Gasteiger partial charge in [-0.05, 0) is 12.5 Å². The molecule has 0 saturated carbocycles. The Kier molecular flexibility index (Phi) is 6.08. The molecule has 1 unspecified atom stereocenters. The van der Waals surface area contributed by atoms with Gasteiger partial charge in [-0.25, -0.2) is 0 Å². The minimum Gasteiger partial charge on any atom is -0.469 e. The molecule has 94 valence electrons. The monoisotopic (exact) mass is 253 g/mol. The van der Waals surface area contributed by atoms with Crippen LogP contribution in [0.5, 0.6) is 0 Å². The number of methoxy groups -OCH3 is 1. The van der Waals surface area contributed by atoms with Gasteiger partial charge in [-0.15, -0.1) is 0 Å². The van der Waals surface area contributed by atoms with Gasteiger partial charge in [0, 0.05) is 17.5 Å². The summed E-state index contributed by atoms with van der Waals surface area (Å²) < 4.78 is 4.61. The van der Waals surface area contributed by atoms with Crippen LogP contribution < -0.4 is 5.73 Å². The van der Waals surface area contributed by atoms with E-state index in [0.717, 1.165) is 5.75 Å². The van der Waals surface area contributed by atoms with E-state index in [1.54, 1.807) is 11.8 Å². The van der Waals surface area contributed by atoms with Crippen molar-refractivity contribution in [3.8, 4) is 0 Å². The van der Waals surface area contributed by atoms with E-state index in [1.165, 1.54) is 18.2 Å². The lowest BCUT2D eigenvalue weighted by molar-refractivity contribution is -0.140. The SMILES string of the molecule is COC(=O)CCSC(CN)c1cccc(C)c1. The molecule has 0 heterocycles. The van der Waals surface area contributed by atoms with Crippen molar-refractivity contribution in [3.05, 3.63) is 35.4 Å². The molecule has 1 atom stereocenters. The molecule has 0 amide bonds. The largest absolute Gasteiger partial charge is 0.469 e. The standard InChI is InChI=1S/C13H19NO2S/c1-10-4-3-5-11(8-10)12(9-14)17-7-6-13(15)16-2/h3-5,8,12H,6-7,9,14H2,1-2H3. The molecule has 0 aliphatic heterocycles. The topological polar surface area (TPSA) is 52.3 Å². The first kappa shape index (κ1) is 14.1. The highest BCUT2D eigenvalue weighted by molar-refractivity contribution is 7.99. The van der Waals surface area contributed by atoms with Crippen LogP contribution in [0.25, 0.3) is 0 Å². The van der Waals surface area contributed by atoms with Gasteiger partial charge in [-0.3, -0.25) is 4.79 Å². The summed E-state index contributed by atoms with van der Waals surface area (Å²) >= 11 is 1.70. The molecule has 0 saturated heterocycles. The van der Waals surface area contributed by atoms with Gasteiger partial charge in [0.1, 0.15) is 0 Å². The zero-order chi connectivity index (χ0) is 12.7. The van der Waals surface area contributed by atoms with Crippen LogP contribution in [0.3, 0.4) is 0 Å². The second kappa shape index (κ2) is 7.35. The normalized spacial score (nSPS) is 12.2. The first-order valence-electron chi connectivity index (χ1n) is 5.62. The second-order valence-corrected chi connectivity index (χ2v) is 5.15. The van der Waals surface area contributed by atoms with Crippen molar-refractivity contribution in [1.29, 1.82) is 0 Å². The number of ether oxygens (including phenoxy) is 1. The van der Waals surface area contributed by atoms with E-state index in [4.69, 9.17) is 5.73 Å². The highest BCUT2D eigenvalue weighted by atomic mass is 32.2. The predicted octanol–water partition coefficient (Wildman–Crippen LogP) is 2.29. The maximum absolute atomic E-state index is 11.0. The molecule has 17 heavy (non-hydrogen) atoms. The molecule has 1 aromatic carbocycles. The quantitative estimate of drug-likeness (QED) is 0.790. The number of nitrogens with two attached hydrogens (primary N) is 1. The van der Waals surface area contributed by atoms with E-state index in [9.17, 15) is 4.79 Å². The summed E-state index contributed by atoms with van der Waals surface area (Å²) in [5.74, 6) is 0.570. The zero-order valence-corrected chi connectivity index (χ0v) is 11.1. The van der Waals surface area contributed by atoms with Gasteiger partial charge in [0.15, 0.2) is 0 Å². The van der Waals surface area contributed by atoms with Crippen LogP contribution in [-0.2, 0) is 9.53 Å². The van der Waals surface area contributed by atoms with Crippen LogP contribution in [0.4, 0.5) is 0 Å². The summed E-state index contributed by atoms with van der Waals surface area (Å²) in [4.78, 5) is 11.0. The summed E-state index contributed by atoms with van der Waals surface area (Å²) in [5, 5.41) is 0.250. The van der Waals surface area contributed by atoms with E-state index < -0.39 is 0 Å². The fourth-order valence-corrected chi connectivity index (χ4v) is 2.60. The van der Waals surface area contributed by atoms with Crippen LogP contribution in [0, 0.1) is 6.92 Å². The van der Waals surface area contributed by atoms with Crippen LogP contribution in [0.15, 0.2) is 24.3 Å². The van der Waals surface area contributed by atoms with Gasteiger partial charge in [0.25, 0.3) is 0 Å². The van der Waals surface area contributed by atoms with Crippen molar-refractivity contribution in [2.45, 2.75) is 18.6 Å². The van der Waals surface area contributed by atoms with Crippen LogP contribution in [0.1, 0.15) is 22.8 Å². The number of hydrogen-bond donors (Lipinski definition) is 1. The number of rotatable bonds is 6. The van der Waals surface area contributed by atoms with Gasteiger partial charge >= 0.3 is 5.97 Å². The molecule has 0 bridgehead atoms. The lowest BCUT2D eigenvalue weighted by Gasteiger charge is -2.15. The Bertz CT molecular complexity index is 368. The van der Waals surface area contributed by atoms with Crippen molar-refractivity contribution >= 4 is 17.7 Å². The summed E-state index contributed by atoms with van der Waals surface area (Å²) in [6.07, 6.45) is 0.434. The van der Waals surface area contributed by atoms with Crippen LogP contribution in [0.2, 0.25) is 0 Å². The van der Waals surface area contributed by atoms with E-state index in [0.29, 0.717) is 13.0 Å². The third-order valence-electron chi connectivity index (χ3n) is 2.48. The highest BCUT2D eigenvalue weighted by Crippen LogP contribution is 2.28. The fraction of sp³-hybridized carbons (Fsp3) is 0.462. The van der Waals surface area contributed by atoms with E-state index in [-0.39, 0.29) is 11.2 Å². The highest BCUT2D eigenvalue weighted by Gasteiger charge is 2.11. The molecular weight excluding hydrogens is 234 g/mol. The number of benzene rings is 1. The summed E-state index contributed by atoms with van der Waals surface area (Å²) in [5.41, 5.74) is 8.22. The van der Waals surface area contributed by atoms with E-state index >= 15 is 0 Å². The average molecular weight is 253 g/mol. The summed E-state index contributed by atoms with van der Waals surface area (Å²) in [6, 6.07) is 8.32. The lowest BCUT2D eigenvalue weighted by atomic mass is 10.1. The van der Waals surface area contributed by atoms with Gasteiger partial charge < -0.3 is 10.5 Å². The Morgan fingerprint density at radius 3 is 2.88 bits per heavy atom. The van der Waals surface area contributed by atoms with Gasteiger partial charge in [-0.1, -0.05) is 29.8 Å². The van der Waals surface area contributed by atoms with E-state index in [2.05, 4.69) is 29.9 Å². The molecule has 0 radical (unpaired) electrons. The second-order valence-electron chi connectivity index (χ2n) is 3.84.